The number of aliphatic hydroxyl groups excluding tert-OH is 1. The number of fused-ring (bicyclic) bond motifs is 5. The van der Waals surface area contributed by atoms with Gasteiger partial charge in [0, 0.05) is 25.2 Å². The van der Waals surface area contributed by atoms with E-state index < -0.39 is 165 Å². The smallest absolute Gasteiger partial charge is 0.458 e. The van der Waals surface area contributed by atoms with Crippen LogP contribution >= 0.6 is 69.6 Å². The Kier molecular flexibility index (Phi) is 18.0. The number of rotatable bonds is 13. The van der Waals surface area contributed by atoms with Gasteiger partial charge in [0.1, 0.15) is 48.8 Å². The van der Waals surface area contributed by atoms with Crippen LogP contribution in [0.25, 0.3) is 0 Å². The fraction of sp³-hybridized carbons (Fsp3) is 0.580. The average molecular weight is 1170 g/mol. The van der Waals surface area contributed by atoms with Crippen molar-refractivity contribution >= 4 is 112 Å². The van der Waals surface area contributed by atoms with E-state index in [1.54, 1.807) is 57.2 Å². The van der Waals surface area contributed by atoms with Gasteiger partial charge >= 0.3 is 36.3 Å². The van der Waals surface area contributed by atoms with Crippen LogP contribution in [0.3, 0.4) is 0 Å². The number of alkyl carbamates (subject to hydrolysis) is 1. The molecule has 3 N–H and O–H groups in total. The fourth-order valence-corrected chi connectivity index (χ4v) is 10.9. The Morgan fingerprint density at radius 1 is 0.827 bits per heavy atom. The molecule has 2 saturated carbocycles. The van der Waals surface area contributed by atoms with E-state index in [2.05, 4.69) is 5.32 Å². The predicted octanol–water partition coefficient (Wildman–Crippen LogP) is 8.71. The molecule has 25 heteroatoms. The van der Waals surface area contributed by atoms with E-state index in [-0.39, 0.29) is 16.7 Å². The number of hydrogen-bond donors (Lipinski definition) is 3. The molecule has 0 aromatic heterocycles. The summed E-state index contributed by atoms with van der Waals surface area (Å²) in [7, 11) is 0. The van der Waals surface area contributed by atoms with Gasteiger partial charge in [0.2, 0.25) is 7.59 Å². The average Bonchev–Trinajstić information content (AvgIpc) is 3.29. The molecule has 3 fully saturated rings. The molecule has 1 saturated heterocycles. The minimum absolute atomic E-state index is 0.0108. The first-order chi connectivity index (χ1) is 34.6. The first-order valence-corrected chi connectivity index (χ1v) is 25.7. The third-order valence-electron chi connectivity index (χ3n) is 13.9. The highest BCUT2D eigenvalue weighted by molar-refractivity contribution is 6.68. The molecule has 0 spiro atoms. The van der Waals surface area contributed by atoms with Gasteiger partial charge in [-0.15, -0.1) is 0 Å². The third-order valence-corrected chi connectivity index (χ3v) is 14.5. The Morgan fingerprint density at radius 3 is 1.91 bits per heavy atom. The maximum atomic E-state index is 16.3. The van der Waals surface area contributed by atoms with Crippen LogP contribution in [0, 0.1) is 16.7 Å². The van der Waals surface area contributed by atoms with Crippen LogP contribution in [-0.4, -0.2) is 133 Å². The monoisotopic (exact) mass is 1170 g/mol. The van der Waals surface area contributed by atoms with Gasteiger partial charge in [-0.3, -0.25) is 14.4 Å². The molecule has 2 bridgehead atoms. The molecule has 412 valence electrons. The van der Waals surface area contributed by atoms with Crippen LogP contribution in [-0.2, 0) is 57.0 Å². The molecule has 4 aliphatic rings. The van der Waals surface area contributed by atoms with E-state index >= 15 is 4.79 Å². The zero-order valence-corrected chi connectivity index (χ0v) is 46.4. The second-order valence-electron chi connectivity index (χ2n) is 20.4. The number of halogens is 6. The number of amides is 1. The lowest BCUT2D eigenvalue weighted by Gasteiger charge is -2.67. The summed E-state index contributed by atoms with van der Waals surface area (Å²) in [5.41, 5.74) is -9.74. The number of carbonyl (C=O) groups excluding carboxylic acids is 7. The molecule has 1 heterocycles. The SMILES string of the molecule is CC(=O)O[C@@]12CO[C@@H]1C[C@H](OC(=O)OCC(Cl)(Cl)Cl)[C@@]1(C)C(=O)[C@H](OC(=O)OCC(Cl)(Cl)Cl)C3=C(C)[C@@H](OC(=O)C[C@H](O)[C@@H](NC(=O)OC(C)(C)C)c4ccccc4)C[C@@](O)([C@@H](OC(=O)c4ccccc4)[C@H]21)C3(C)C. The van der Waals surface area contributed by atoms with E-state index in [4.69, 9.17) is 112 Å². The number of carbonyl (C=O) groups is 7. The number of hydrogen-bond acceptors (Lipinski definition) is 18. The summed E-state index contributed by atoms with van der Waals surface area (Å²) in [4.78, 5) is 99.1. The second kappa shape index (κ2) is 22.6. The summed E-state index contributed by atoms with van der Waals surface area (Å²) >= 11 is 35.4. The Bertz CT molecular complexity index is 2530. The lowest BCUT2D eigenvalue weighted by Crippen LogP contribution is -2.82. The van der Waals surface area contributed by atoms with Crippen molar-refractivity contribution in [3.63, 3.8) is 0 Å². The number of esters is 3. The van der Waals surface area contributed by atoms with Crippen LogP contribution in [0.5, 0.6) is 0 Å². The normalized spacial score (nSPS) is 28.9. The van der Waals surface area contributed by atoms with Crippen LogP contribution < -0.4 is 5.32 Å². The maximum absolute atomic E-state index is 16.3. The zero-order valence-electron chi connectivity index (χ0n) is 41.8. The molecule has 75 heavy (non-hydrogen) atoms. The van der Waals surface area contributed by atoms with Gasteiger partial charge in [-0.1, -0.05) is 132 Å². The van der Waals surface area contributed by atoms with Crippen molar-refractivity contribution in [1.29, 1.82) is 0 Å². The fourth-order valence-electron chi connectivity index (χ4n) is 10.6. The van der Waals surface area contributed by atoms with Gasteiger partial charge in [-0.2, -0.15) is 0 Å². The van der Waals surface area contributed by atoms with Crippen molar-refractivity contribution in [2.24, 2.45) is 16.7 Å². The molecule has 19 nitrogen and oxygen atoms in total. The quantitative estimate of drug-likeness (QED) is 0.0733. The van der Waals surface area contributed by atoms with Crippen molar-refractivity contribution in [2.75, 3.05) is 19.8 Å². The van der Waals surface area contributed by atoms with Gasteiger partial charge in [-0.05, 0) is 63.5 Å². The highest BCUT2D eigenvalue weighted by Crippen LogP contribution is 2.65. The van der Waals surface area contributed by atoms with Crippen LogP contribution in [0.15, 0.2) is 71.8 Å². The summed E-state index contributed by atoms with van der Waals surface area (Å²) in [6, 6.07) is 14.5. The lowest BCUT2D eigenvalue weighted by atomic mass is 9.44. The third kappa shape index (κ3) is 13.2. The molecule has 2 aromatic rings. The first kappa shape index (κ1) is 59.9. The van der Waals surface area contributed by atoms with Gasteiger partial charge < -0.3 is 58.2 Å². The van der Waals surface area contributed by atoms with Crippen molar-refractivity contribution in [1.82, 2.24) is 5.32 Å². The Morgan fingerprint density at radius 2 is 1.39 bits per heavy atom. The van der Waals surface area contributed by atoms with E-state index in [0.717, 1.165) is 6.92 Å². The summed E-state index contributed by atoms with van der Waals surface area (Å²) in [6.45, 7) is 9.34. The van der Waals surface area contributed by atoms with Gasteiger partial charge in [-0.25, -0.2) is 19.2 Å². The van der Waals surface area contributed by atoms with Gasteiger partial charge in [0.15, 0.2) is 17.5 Å². The summed E-state index contributed by atoms with van der Waals surface area (Å²) < 4.78 is 48.0. The predicted molar refractivity (Wildman–Crippen MR) is 269 cm³/mol. The molecule has 11 atom stereocenters. The molecule has 6 rings (SSSR count). The largest absolute Gasteiger partial charge is 0.509 e. The van der Waals surface area contributed by atoms with Gasteiger partial charge in [0.05, 0.1) is 42.1 Å². The number of nitrogens with one attached hydrogen (secondary N) is 1. The topological polar surface area (TPSA) is 255 Å². The van der Waals surface area contributed by atoms with Crippen molar-refractivity contribution in [3.05, 3.63) is 82.9 Å². The van der Waals surface area contributed by atoms with Gasteiger partial charge in [0.25, 0.3) is 0 Å². The van der Waals surface area contributed by atoms with E-state index in [1.165, 1.54) is 52.0 Å². The first-order valence-electron chi connectivity index (χ1n) is 23.4. The minimum atomic E-state index is -2.61. The molecule has 2 aromatic carbocycles. The molecular weight excluding hydrogens is 1120 g/mol. The Labute approximate surface area is 462 Å². The Balaban J connectivity index is 1.56. The molecule has 1 amide bonds. The number of benzene rings is 2. The zero-order chi connectivity index (χ0) is 55.9. The van der Waals surface area contributed by atoms with Crippen LogP contribution in [0.1, 0.15) is 96.6 Å². The van der Waals surface area contributed by atoms with Crippen molar-refractivity contribution in [2.45, 2.75) is 142 Å². The number of ketones is 1. The van der Waals surface area contributed by atoms with E-state index in [1.807, 2.05) is 0 Å². The highest BCUT2D eigenvalue weighted by Gasteiger charge is 2.79. The lowest BCUT2D eigenvalue weighted by molar-refractivity contribution is -0.346. The summed E-state index contributed by atoms with van der Waals surface area (Å²) in [5.74, 6) is -6.03. The van der Waals surface area contributed by atoms with E-state index in [0.29, 0.717) is 5.56 Å². The van der Waals surface area contributed by atoms with Crippen molar-refractivity contribution in [3.8, 4) is 0 Å². The van der Waals surface area contributed by atoms with Crippen LogP contribution in [0.4, 0.5) is 14.4 Å². The number of aliphatic hydroxyl groups is 2. The standard InChI is InChI=1S/C50H57Cl6NO18/c1-25-30(70-33(60)19-29(59)35(27-15-11-9-12-16-27)57-41(63)75-44(3,4)5)21-48(66)39(73-40(62)28-17-13-10-14-18-28)37-46(8,38(61)36(34(25)45(48,6)7)72-43(65)69-24-50(54,55)56)31(71-42(64)68-23-49(51,52)53)20-32-47(37,22-67-32)74-26(2)58/h9-18,29-32,35-37,39,59,66H,19-24H2,1-8H3,(H,57,63)/t29-,30-,31-,32+,35-,36+,37-,39-,46+,47-,48+/m0/s1. The minimum Gasteiger partial charge on any atom is -0.458 e. The summed E-state index contributed by atoms with van der Waals surface area (Å²) in [6.07, 6.45) is -16.5. The van der Waals surface area contributed by atoms with Crippen LogP contribution in [0.2, 0.25) is 0 Å². The molecule has 0 unspecified atom stereocenters. The number of alkyl halides is 6. The second-order valence-corrected chi connectivity index (χ2v) is 25.5. The molecule has 3 aliphatic carbocycles. The summed E-state index contributed by atoms with van der Waals surface area (Å²) in [5, 5.41) is 28.3. The maximum Gasteiger partial charge on any atom is 0.509 e. The molecule has 1 aliphatic heterocycles. The number of Topliss-reactive ketones (excluding diaryl/α,β-unsaturated/α-hetero) is 1. The van der Waals surface area contributed by atoms with Crippen molar-refractivity contribution < 1.29 is 86.4 Å². The van der Waals surface area contributed by atoms with E-state index in [9.17, 15) is 39.0 Å². The molecule has 0 radical (unpaired) electrons. The Hall–Kier alpha value is -4.31. The number of ether oxygens (including phenoxy) is 9. The molecular formula is C50H57Cl6NO18. The highest BCUT2D eigenvalue weighted by atomic mass is 35.6.